The second-order valence-electron chi connectivity index (χ2n) is 5.01. The Kier molecular flexibility index (Phi) is 8.03. The molecular weight excluding hydrogens is 302 g/mol. The largest absolute Gasteiger partial charge is 0.367 e. The summed E-state index contributed by atoms with van der Waals surface area (Å²) in [6, 6.07) is 2.51. The average molecular weight is 328 g/mol. The Balaban J connectivity index is 2.71. The van der Waals surface area contributed by atoms with Crippen LogP contribution in [0.25, 0.3) is 0 Å². The molecule has 0 aromatic carbocycles. The summed E-state index contributed by atoms with van der Waals surface area (Å²) in [6.45, 7) is 6.63. The summed E-state index contributed by atoms with van der Waals surface area (Å²) in [5.41, 5.74) is 0. The van der Waals surface area contributed by atoms with E-state index >= 15 is 0 Å². The van der Waals surface area contributed by atoms with Crippen LogP contribution in [-0.2, 0) is 6.42 Å². The van der Waals surface area contributed by atoms with Crippen molar-refractivity contribution in [2.24, 2.45) is 0 Å². The van der Waals surface area contributed by atoms with Crippen LogP contribution in [0.15, 0.2) is 10.7 Å². The summed E-state index contributed by atoms with van der Waals surface area (Å²) >= 11 is 3.47. The predicted octanol–water partition coefficient (Wildman–Crippen LogP) is 4.96. The average Bonchev–Trinajstić information content (AvgIpc) is 2.36. The number of hydrogen-bond donors (Lipinski definition) is 1. The van der Waals surface area contributed by atoms with Crippen LogP contribution in [0.1, 0.15) is 65.1 Å². The van der Waals surface area contributed by atoms with Gasteiger partial charge in [-0.2, -0.15) is 0 Å². The number of rotatable bonds is 9. The molecule has 1 unspecified atom stereocenters. The zero-order chi connectivity index (χ0) is 14.1. The third-order valence-corrected chi connectivity index (χ3v) is 3.52. The molecule has 0 aliphatic carbocycles. The first-order chi connectivity index (χ1) is 9.19. The topological polar surface area (TPSA) is 37.8 Å². The molecule has 1 aromatic heterocycles. The first-order valence-corrected chi connectivity index (χ1v) is 8.28. The molecule has 1 rings (SSSR count). The van der Waals surface area contributed by atoms with Gasteiger partial charge in [0.25, 0.3) is 0 Å². The molecule has 1 aromatic rings. The van der Waals surface area contributed by atoms with Crippen molar-refractivity contribution in [2.45, 2.75) is 71.8 Å². The van der Waals surface area contributed by atoms with Crippen molar-refractivity contribution < 1.29 is 0 Å². The van der Waals surface area contributed by atoms with Gasteiger partial charge in [-0.3, -0.25) is 0 Å². The summed E-state index contributed by atoms with van der Waals surface area (Å²) in [5.74, 6) is 1.88. The van der Waals surface area contributed by atoms with Crippen LogP contribution in [-0.4, -0.2) is 16.0 Å². The second kappa shape index (κ2) is 9.29. The molecule has 4 heteroatoms. The van der Waals surface area contributed by atoms with Gasteiger partial charge in [-0.25, -0.2) is 9.97 Å². The van der Waals surface area contributed by atoms with Gasteiger partial charge in [-0.15, -0.1) is 0 Å². The minimum absolute atomic E-state index is 0.529. The van der Waals surface area contributed by atoms with Crippen molar-refractivity contribution >= 4 is 21.7 Å². The maximum absolute atomic E-state index is 4.60. The highest BCUT2D eigenvalue weighted by Crippen LogP contribution is 2.17. The molecule has 3 nitrogen and oxygen atoms in total. The molecular formula is C15H26BrN3. The van der Waals surface area contributed by atoms with E-state index in [-0.39, 0.29) is 0 Å². The lowest BCUT2D eigenvalue weighted by molar-refractivity contribution is 0.562. The molecule has 1 atom stereocenters. The van der Waals surface area contributed by atoms with Gasteiger partial charge in [0.05, 0.1) is 0 Å². The Labute approximate surface area is 125 Å². The fourth-order valence-corrected chi connectivity index (χ4v) is 2.59. The minimum Gasteiger partial charge on any atom is -0.367 e. The minimum atomic E-state index is 0.529. The normalized spacial score (nSPS) is 12.4. The summed E-state index contributed by atoms with van der Waals surface area (Å²) in [5, 5.41) is 3.57. The molecule has 0 saturated heterocycles. The van der Waals surface area contributed by atoms with Crippen molar-refractivity contribution in [1.82, 2.24) is 9.97 Å². The third-order valence-electron chi connectivity index (χ3n) is 3.11. The monoisotopic (exact) mass is 327 g/mol. The molecule has 0 aliphatic heterocycles. The van der Waals surface area contributed by atoms with Gasteiger partial charge in [0.2, 0.25) is 0 Å². The second-order valence-corrected chi connectivity index (χ2v) is 5.83. The quantitative estimate of drug-likeness (QED) is 0.651. The zero-order valence-corrected chi connectivity index (χ0v) is 14.0. The number of nitrogens with zero attached hydrogens (tertiary/aromatic N) is 2. The molecule has 0 spiro atoms. The number of anilines is 1. The fourth-order valence-electron chi connectivity index (χ4n) is 2.17. The highest BCUT2D eigenvalue weighted by molar-refractivity contribution is 9.10. The van der Waals surface area contributed by atoms with Crippen LogP contribution in [0.2, 0.25) is 0 Å². The van der Waals surface area contributed by atoms with Gasteiger partial charge < -0.3 is 5.32 Å². The third kappa shape index (κ3) is 6.37. The summed E-state index contributed by atoms with van der Waals surface area (Å²) in [6.07, 6.45) is 8.14. The van der Waals surface area contributed by atoms with Crippen LogP contribution in [0.4, 0.5) is 5.82 Å². The van der Waals surface area contributed by atoms with Crippen molar-refractivity contribution in [3.05, 3.63) is 16.5 Å². The number of aryl methyl sites for hydroxylation is 1. The number of unbranched alkanes of at least 4 members (excludes halogenated alkanes) is 1. The SMILES string of the molecule is CCCCC(CCC)Nc1cc(Br)nc(CCC)n1. The van der Waals surface area contributed by atoms with Gasteiger partial charge in [-0.05, 0) is 35.2 Å². The number of hydrogen-bond acceptors (Lipinski definition) is 3. The first kappa shape index (κ1) is 16.4. The lowest BCUT2D eigenvalue weighted by atomic mass is 10.1. The van der Waals surface area contributed by atoms with E-state index in [2.05, 4.69) is 52.0 Å². The van der Waals surface area contributed by atoms with Crippen molar-refractivity contribution in [2.75, 3.05) is 5.32 Å². The number of nitrogens with one attached hydrogen (secondary N) is 1. The zero-order valence-electron chi connectivity index (χ0n) is 12.4. The lowest BCUT2D eigenvalue weighted by Crippen LogP contribution is -2.20. The van der Waals surface area contributed by atoms with E-state index in [1.54, 1.807) is 0 Å². The summed E-state index contributed by atoms with van der Waals surface area (Å²) < 4.78 is 0.874. The Morgan fingerprint density at radius 3 is 2.53 bits per heavy atom. The van der Waals surface area contributed by atoms with Gasteiger partial charge in [-0.1, -0.05) is 40.0 Å². The lowest BCUT2D eigenvalue weighted by Gasteiger charge is -2.19. The maximum Gasteiger partial charge on any atom is 0.132 e. The Morgan fingerprint density at radius 1 is 1.11 bits per heavy atom. The van der Waals surface area contributed by atoms with Crippen LogP contribution < -0.4 is 5.32 Å². The van der Waals surface area contributed by atoms with E-state index in [1.807, 2.05) is 6.07 Å². The molecule has 1 heterocycles. The Hall–Kier alpha value is -0.640. The predicted molar refractivity (Wildman–Crippen MR) is 85.6 cm³/mol. The van der Waals surface area contributed by atoms with E-state index in [1.165, 1.54) is 32.1 Å². The molecule has 0 amide bonds. The maximum atomic E-state index is 4.60. The molecule has 0 fully saturated rings. The van der Waals surface area contributed by atoms with Crippen molar-refractivity contribution in [1.29, 1.82) is 0 Å². The van der Waals surface area contributed by atoms with Gasteiger partial charge in [0, 0.05) is 18.5 Å². The van der Waals surface area contributed by atoms with E-state index < -0.39 is 0 Å². The van der Waals surface area contributed by atoms with E-state index in [0.717, 1.165) is 29.1 Å². The van der Waals surface area contributed by atoms with E-state index in [4.69, 9.17) is 0 Å². The summed E-state index contributed by atoms with van der Waals surface area (Å²) in [7, 11) is 0. The van der Waals surface area contributed by atoms with Crippen LogP contribution in [0.3, 0.4) is 0 Å². The Morgan fingerprint density at radius 2 is 1.89 bits per heavy atom. The molecule has 0 saturated carbocycles. The fraction of sp³-hybridized carbons (Fsp3) is 0.733. The smallest absolute Gasteiger partial charge is 0.132 e. The van der Waals surface area contributed by atoms with Crippen molar-refractivity contribution in [3.63, 3.8) is 0 Å². The highest BCUT2D eigenvalue weighted by Gasteiger charge is 2.09. The molecule has 0 radical (unpaired) electrons. The van der Waals surface area contributed by atoms with E-state index in [9.17, 15) is 0 Å². The van der Waals surface area contributed by atoms with Crippen LogP contribution in [0.5, 0.6) is 0 Å². The van der Waals surface area contributed by atoms with Gasteiger partial charge in [0.1, 0.15) is 16.2 Å². The van der Waals surface area contributed by atoms with Crippen LogP contribution in [0, 0.1) is 0 Å². The molecule has 0 bridgehead atoms. The first-order valence-electron chi connectivity index (χ1n) is 7.49. The van der Waals surface area contributed by atoms with Crippen molar-refractivity contribution in [3.8, 4) is 0 Å². The Bertz CT molecular complexity index is 368. The molecule has 0 aliphatic rings. The molecule has 19 heavy (non-hydrogen) atoms. The van der Waals surface area contributed by atoms with Gasteiger partial charge >= 0.3 is 0 Å². The summed E-state index contributed by atoms with van der Waals surface area (Å²) in [4.78, 5) is 9.01. The number of halogens is 1. The standard InChI is InChI=1S/C15H26BrN3/c1-4-7-10-12(8-5-2)17-15-11-13(16)18-14(19-15)9-6-3/h11-12H,4-10H2,1-3H3,(H,17,18,19). The molecule has 108 valence electrons. The van der Waals surface area contributed by atoms with Gasteiger partial charge in [0.15, 0.2) is 0 Å². The molecule has 1 N–H and O–H groups in total. The van der Waals surface area contributed by atoms with Crippen LogP contribution >= 0.6 is 15.9 Å². The van der Waals surface area contributed by atoms with E-state index in [0.29, 0.717) is 6.04 Å². The highest BCUT2D eigenvalue weighted by atomic mass is 79.9. The number of aromatic nitrogens is 2.